The van der Waals surface area contributed by atoms with E-state index < -0.39 is 0 Å². The summed E-state index contributed by atoms with van der Waals surface area (Å²) in [5.74, 6) is 1.97. The van der Waals surface area contributed by atoms with E-state index in [2.05, 4.69) is 24.0 Å². The molecule has 0 amide bonds. The molecule has 2 rings (SSSR count). The summed E-state index contributed by atoms with van der Waals surface area (Å²) in [6.07, 6.45) is 7.26. The maximum Gasteiger partial charge on any atom is 0.243 e. The number of methoxy groups -OCH3 is 1. The van der Waals surface area contributed by atoms with E-state index in [9.17, 15) is 0 Å². The average molecular weight is 281 g/mol. The van der Waals surface area contributed by atoms with Crippen molar-refractivity contribution in [3.8, 4) is 0 Å². The van der Waals surface area contributed by atoms with E-state index in [0.29, 0.717) is 11.7 Å². The molecule has 0 aromatic carbocycles. The van der Waals surface area contributed by atoms with Gasteiger partial charge < -0.3 is 15.0 Å². The standard InChI is InChI=1S/C15H27N3O2/c1-4-5-6-12(16)13-17-14(18-20-13)15(19-3)9-7-11(2)8-10-15/h11-12H,4-10,16H2,1-3H3/t11?,12-,15?/m0/s1. The highest BCUT2D eigenvalue weighted by molar-refractivity contribution is 5.05. The quantitative estimate of drug-likeness (QED) is 0.865. The van der Waals surface area contributed by atoms with Gasteiger partial charge >= 0.3 is 0 Å². The second-order valence-electron chi connectivity index (χ2n) is 6.09. The summed E-state index contributed by atoms with van der Waals surface area (Å²) in [4.78, 5) is 4.53. The Labute approximate surface area is 121 Å². The molecule has 0 spiro atoms. The van der Waals surface area contributed by atoms with Gasteiger partial charge in [-0.2, -0.15) is 4.98 Å². The van der Waals surface area contributed by atoms with Crippen LogP contribution in [-0.2, 0) is 10.3 Å². The van der Waals surface area contributed by atoms with Gasteiger partial charge in [0, 0.05) is 7.11 Å². The minimum absolute atomic E-state index is 0.160. The van der Waals surface area contributed by atoms with E-state index >= 15 is 0 Å². The van der Waals surface area contributed by atoms with Gasteiger partial charge in [-0.25, -0.2) is 0 Å². The molecule has 5 nitrogen and oxygen atoms in total. The lowest BCUT2D eigenvalue weighted by Gasteiger charge is -2.35. The summed E-state index contributed by atoms with van der Waals surface area (Å²) < 4.78 is 11.1. The van der Waals surface area contributed by atoms with Crippen LogP contribution in [0.5, 0.6) is 0 Å². The van der Waals surface area contributed by atoms with Gasteiger partial charge in [0.05, 0.1) is 6.04 Å². The largest absolute Gasteiger partial charge is 0.370 e. The minimum Gasteiger partial charge on any atom is -0.370 e. The monoisotopic (exact) mass is 281 g/mol. The third-order valence-corrected chi connectivity index (χ3v) is 4.51. The fourth-order valence-electron chi connectivity index (χ4n) is 2.87. The third-order valence-electron chi connectivity index (χ3n) is 4.51. The summed E-state index contributed by atoms with van der Waals surface area (Å²) in [6, 6.07) is -0.160. The molecule has 1 fully saturated rings. The maximum absolute atomic E-state index is 6.09. The Morgan fingerprint density at radius 3 is 2.75 bits per heavy atom. The van der Waals surface area contributed by atoms with Crippen LogP contribution < -0.4 is 5.73 Å². The zero-order valence-electron chi connectivity index (χ0n) is 12.9. The fourth-order valence-corrected chi connectivity index (χ4v) is 2.87. The van der Waals surface area contributed by atoms with Gasteiger partial charge in [0.15, 0.2) is 0 Å². The zero-order chi connectivity index (χ0) is 14.6. The Morgan fingerprint density at radius 2 is 2.15 bits per heavy atom. The molecule has 0 unspecified atom stereocenters. The molecule has 0 aliphatic heterocycles. The van der Waals surface area contributed by atoms with Crippen molar-refractivity contribution >= 4 is 0 Å². The number of hydrogen-bond donors (Lipinski definition) is 1. The lowest BCUT2D eigenvalue weighted by atomic mass is 9.79. The first-order valence-corrected chi connectivity index (χ1v) is 7.76. The molecular weight excluding hydrogens is 254 g/mol. The van der Waals surface area contributed by atoms with Crippen LogP contribution in [0.25, 0.3) is 0 Å². The first-order chi connectivity index (χ1) is 9.61. The Kier molecular flexibility index (Phi) is 5.16. The molecular formula is C15H27N3O2. The van der Waals surface area contributed by atoms with Gasteiger partial charge in [-0.3, -0.25) is 0 Å². The molecule has 1 atom stereocenters. The first kappa shape index (κ1) is 15.4. The van der Waals surface area contributed by atoms with Crippen molar-refractivity contribution in [2.24, 2.45) is 11.7 Å². The van der Waals surface area contributed by atoms with Gasteiger partial charge in [-0.05, 0) is 38.0 Å². The molecule has 0 saturated heterocycles. The number of unbranched alkanes of at least 4 members (excludes halogenated alkanes) is 1. The summed E-state index contributed by atoms with van der Waals surface area (Å²) in [5, 5.41) is 4.15. The maximum atomic E-state index is 6.09. The van der Waals surface area contributed by atoms with Gasteiger partial charge in [0.1, 0.15) is 5.60 Å². The lowest BCUT2D eigenvalue weighted by Crippen LogP contribution is -2.34. The van der Waals surface area contributed by atoms with E-state index in [4.69, 9.17) is 15.0 Å². The molecule has 5 heteroatoms. The number of nitrogens with zero attached hydrogens (tertiary/aromatic N) is 2. The van der Waals surface area contributed by atoms with E-state index in [1.165, 1.54) is 0 Å². The smallest absolute Gasteiger partial charge is 0.243 e. The molecule has 2 N–H and O–H groups in total. The van der Waals surface area contributed by atoms with Crippen LogP contribution in [-0.4, -0.2) is 17.3 Å². The van der Waals surface area contributed by atoms with Crippen molar-refractivity contribution < 1.29 is 9.26 Å². The predicted molar refractivity (Wildman–Crippen MR) is 77.1 cm³/mol. The molecule has 0 radical (unpaired) electrons. The fraction of sp³-hybridized carbons (Fsp3) is 0.867. The van der Waals surface area contributed by atoms with Gasteiger partial charge in [-0.15, -0.1) is 0 Å². The number of nitrogens with two attached hydrogens (primary N) is 1. The van der Waals surface area contributed by atoms with E-state index in [1.54, 1.807) is 7.11 Å². The highest BCUT2D eigenvalue weighted by Gasteiger charge is 2.40. The summed E-state index contributed by atoms with van der Waals surface area (Å²) in [6.45, 7) is 4.43. The molecule has 1 saturated carbocycles. The van der Waals surface area contributed by atoms with Crippen LogP contribution in [0.15, 0.2) is 4.52 Å². The zero-order valence-corrected chi connectivity index (χ0v) is 12.9. The van der Waals surface area contributed by atoms with Gasteiger partial charge in [-0.1, -0.05) is 31.8 Å². The highest BCUT2D eigenvalue weighted by Crippen LogP contribution is 2.40. The number of ether oxygens (including phenoxy) is 1. The van der Waals surface area contributed by atoms with Crippen LogP contribution in [0.1, 0.15) is 76.6 Å². The topological polar surface area (TPSA) is 74.2 Å². The molecule has 1 aliphatic carbocycles. The normalized spacial score (nSPS) is 28.5. The van der Waals surface area contributed by atoms with Crippen LogP contribution in [0.2, 0.25) is 0 Å². The molecule has 114 valence electrons. The molecule has 1 aromatic rings. The van der Waals surface area contributed by atoms with Crippen LogP contribution in [0.4, 0.5) is 0 Å². The Balaban J connectivity index is 2.10. The van der Waals surface area contributed by atoms with Crippen LogP contribution in [0, 0.1) is 5.92 Å². The second kappa shape index (κ2) is 6.68. The predicted octanol–water partition coefficient (Wildman–Crippen LogP) is 3.31. The van der Waals surface area contributed by atoms with Crippen molar-refractivity contribution in [3.63, 3.8) is 0 Å². The van der Waals surface area contributed by atoms with Crippen molar-refractivity contribution in [3.05, 3.63) is 11.7 Å². The van der Waals surface area contributed by atoms with Gasteiger partial charge in [0.25, 0.3) is 0 Å². The minimum atomic E-state index is -0.376. The Hall–Kier alpha value is -0.940. The molecule has 20 heavy (non-hydrogen) atoms. The number of hydrogen-bond acceptors (Lipinski definition) is 5. The van der Waals surface area contributed by atoms with Crippen molar-refractivity contribution in [2.45, 2.75) is 70.4 Å². The SMILES string of the molecule is CCCC[C@H](N)c1nc(C2(OC)CCC(C)CC2)no1. The van der Waals surface area contributed by atoms with Crippen molar-refractivity contribution in [1.29, 1.82) is 0 Å². The van der Waals surface area contributed by atoms with E-state index in [-0.39, 0.29) is 11.6 Å². The number of rotatable bonds is 6. The second-order valence-corrected chi connectivity index (χ2v) is 6.09. The Bertz CT molecular complexity index is 411. The average Bonchev–Trinajstić information content (AvgIpc) is 2.96. The van der Waals surface area contributed by atoms with Crippen LogP contribution in [0.3, 0.4) is 0 Å². The lowest BCUT2D eigenvalue weighted by molar-refractivity contribution is -0.0609. The van der Waals surface area contributed by atoms with E-state index in [0.717, 1.165) is 50.9 Å². The van der Waals surface area contributed by atoms with Crippen molar-refractivity contribution in [2.75, 3.05) is 7.11 Å². The molecule has 1 aromatic heterocycles. The summed E-state index contributed by atoms with van der Waals surface area (Å²) in [5.41, 5.74) is 5.72. The van der Waals surface area contributed by atoms with E-state index in [1.807, 2.05) is 0 Å². The summed E-state index contributed by atoms with van der Waals surface area (Å²) in [7, 11) is 1.74. The summed E-state index contributed by atoms with van der Waals surface area (Å²) >= 11 is 0. The van der Waals surface area contributed by atoms with Crippen molar-refractivity contribution in [1.82, 2.24) is 10.1 Å². The molecule has 1 heterocycles. The third kappa shape index (κ3) is 3.20. The Morgan fingerprint density at radius 1 is 1.45 bits per heavy atom. The first-order valence-electron chi connectivity index (χ1n) is 7.76. The highest BCUT2D eigenvalue weighted by atomic mass is 16.5. The van der Waals surface area contributed by atoms with Crippen LogP contribution >= 0.6 is 0 Å². The molecule has 1 aliphatic rings. The molecule has 0 bridgehead atoms. The van der Waals surface area contributed by atoms with Gasteiger partial charge in [0.2, 0.25) is 11.7 Å². The number of aromatic nitrogens is 2.